The fourth-order valence-electron chi connectivity index (χ4n) is 3.46. The third kappa shape index (κ3) is 5.38. The van der Waals surface area contributed by atoms with Gasteiger partial charge >= 0.3 is 12.4 Å². The fraction of sp³-hybridized carbons (Fsp3) is 0.261. The summed E-state index contributed by atoms with van der Waals surface area (Å²) in [7, 11) is 0. The van der Waals surface area contributed by atoms with Gasteiger partial charge in [0.1, 0.15) is 11.5 Å². The van der Waals surface area contributed by atoms with E-state index in [0.717, 1.165) is 18.9 Å². The van der Waals surface area contributed by atoms with Crippen molar-refractivity contribution in [1.82, 2.24) is 15.6 Å². The van der Waals surface area contributed by atoms with Crippen molar-refractivity contribution in [3.05, 3.63) is 75.7 Å². The molecule has 3 aromatic rings. The summed E-state index contributed by atoms with van der Waals surface area (Å²) in [6, 6.07) is 3.01. The van der Waals surface area contributed by atoms with Crippen molar-refractivity contribution >= 4 is 34.3 Å². The molecule has 0 aliphatic heterocycles. The summed E-state index contributed by atoms with van der Waals surface area (Å²) >= 11 is 6.29. The average Bonchev–Trinajstić information content (AvgIpc) is 3.60. The molecule has 1 aliphatic rings. The van der Waals surface area contributed by atoms with Gasteiger partial charge < -0.3 is 10.6 Å². The Kier molecular flexibility index (Phi) is 6.58. The minimum absolute atomic E-state index is 0.00439. The molecule has 1 fully saturated rings. The van der Waals surface area contributed by atoms with E-state index in [0.29, 0.717) is 6.07 Å². The van der Waals surface area contributed by atoms with Crippen LogP contribution in [-0.2, 0) is 6.18 Å². The standard InChI is InChI=1S/C23H15ClF7N3O2/c24-18-12-4-8-17(33-16(12)7-5-13(18)20(35)32-11-2-3-11)21(36)34-19(23(29,30)31)10-1-6-15(25)14(9-10)22(26,27)28/h1,4-9,11,19H,2-3H2,(H,32,35)(H,34,36). The molecule has 2 aromatic carbocycles. The minimum atomic E-state index is -5.24. The smallest absolute Gasteiger partial charge is 0.349 e. The number of hydrogen-bond donors (Lipinski definition) is 2. The van der Waals surface area contributed by atoms with E-state index in [1.165, 1.54) is 18.2 Å². The van der Waals surface area contributed by atoms with E-state index in [9.17, 15) is 40.3 Å². The first-order chi connectivity index (χ1) is 16.8. The molecule has 0 radical (unpaired) electrons. The maximum atomic E-state index is 13.7. The van der Waals surface area contributed by atoms with Gasteiger partial charge in [0.25, 0.3) is 11.8 Å². The lowest BCUT2D eigenvalue weighted by molar-refractivity contribution is -0.156. The molecule has 2 amide bonds. The Morgan fingerprint density at radius 2 is 1.67 bits per heavy atom. The van der Waals surface area contributed by atoms with Gasteiger partial charge in [-0.15, -0.1) is 0 Å². The summed E-state index contributed by atoms with van der Waals surface area (Å²) in [5, 5.41) is 4.67. The SMILES string of the molecule is O=C(NC(c1ccc(F)c(C(F)(F)F)c1)C(F)(F)F)c1ccc2c(Cl)c(C(=O)NC3CC3)ccc2n1. The summed E-state index contributed by atoms with van der Waals surface area (Å²) in [5.74, 6) is -3.50. The number of carbonyl (C=O) groups excluding carboxylic acids is 2. The number of pyridine rings is 1. The molecule has 1 saturated carbocycles. The number of hydrogen-bond acceptors (Lipinski definition) is 3. The first-order valence-corrected chi connectivity index (χ1v) is 10.8. The number of amides is 2. The van der Waals surface area contributed by atoms with Gasteiger partial charge in [-0.05, 0) is 54.8 Å². The van der Waals surface area contributed by atoms with Gasteiger partial charge in [-0.25, -0.2) is 9.37 Å². The van der Waals surface area contributed by atoms with Crippen LogP contribution in [0.15, 0.2) is 42.5 Å². The van der Waals surface area contributed by atoms with Crippen molar-refractivity contribution < 1.29 is 40.3 Å². The predicted molar refractivity (Wildman–Crippen MR) is 115 cm³/mol. The highest BCUT2D eigenvalue weighted by Crippen LogP contribution is 2.38. The molecule has 0 bridgehead atoms. The summed E-state index contributed by atoms with van der Waals surface area (Å²) < 4.78 is 93.5. The molecule has 4 rings (SSSR count). The number of halogens is 8. The Morgan fingerprint density at radius 1 is 0.972 bits per heavy atom. The quantitative estimate of drug-likeness (QED) is 0.397. The lowest BCUT2D eigenvalue weighted by Gasteiger charge is -2.23. The van der Waals surface area contributed by atoms with E-state index in [1.54, 1.807) is 5.32 Å². The van der Waals surface area contributed by atoms with E-state index in [4.69, 9.17) is 11.6 Å². The highest BCUT2D eigenvalue weighted by Gasteiger charge is 2.44. The number of carbonyl (C=O) groups is 2. The highest BCUT2D eigenvalue weighted by atomic mass is 35.5. The zero-order valence-corrected chi connectivity index (χ0v) is 18.7. The van der Waals surface area contributed by atoms with Gasteiger partial charge in [-0.2, -0.15) is 26.3 Å². The molecule has 1 atom stereocenters. The number of aromatic nitrogens is 1. The van der Waals surface area contributed by atoms with Crippen LogP contribution in [0.25, 0.3) is 10.9 Å². The van der Waals surface area contributed by atoms with E-state index in [2.05, 4.69) is 10.3 Å². The van der Waals surface area contributed by atoms with Crippen LogP contribution >= 0.6 is 11.6 Å². The number of alkyl halides is 6. The normalized spacial score (nSPS) is 15.0. The van der Waals surface area contributed by atoms with E-state index in [-0.39, 0.29) is 39.7 Å². The topological polar surface area (TPSA) is 71.1 Å². The Morgan fingerprint density at radius 3 is 2.28 bits per heavy atom. The van der Waals surface area contributed by atoms with Gasteiger partial charge in [-0.3, -0.25) is 9.59 Å². The van der Waals surface area contributed by atoms with Crippen molar-refractivity contribution in [2.24, 2.45) is 0 Å². The van der Waals surface area contributed by atoms with Gasteiger partial charge in [0.2, 0.25) is 0 Å². The average molecular weight is 534 g/mol. The molecular formula is C23H15ClF7N3O2. The Labute approximate surface area is 203 Å². The number of benzene rings is 2. The van der Waals surface area contributed by atoms with E-state index < -0.39 is 52.8 Å². The Hall–Kier alpha value is -3.41. The summed E-state index contributed by atoms with van der Waals surface area (Å²) in [6.07, 6.45) is -8.75. The first kappa shape index (κ1) is 25.7. The van der Waals surface area contributed by atoms with E-state index in [1.807, 2.05) is 0 Å². The molecule has 1 unspecified atom stereocenters. The van der Waals surface area contributed by atoms with Gasteiger partial charge in [0.05, 0.1) is 21.7 Å². The van der Waals surface area contributed by atoms with Crippen LogP contribution in [0.5, 0.6) is 0 Å². The molecule has 13 heteroatoms. The van der Waals surface area contributed by atoms with Crippen molar-refractivity contribution in [2.45, 2.75) is 37.3 Å². The maximum absolute atomic E-state index is 13.7. The van der Waals surface area contributed by atoms with Crippen molar-refractivity contribution in [3.8, 4) is 0 Å². The zero-order valence-electron chi connectivity index (χ0n) is 17.9. The molecule has 2 N–H and O–H groups in total. The summed E-state index contributed by atoms with van der Waals surface area (Å²) in [6.45, 7) is 0. The first-order valence-electron chi connectivity index (χ1n) is 10.4. The third-order valence-electron chi connectivity index (χ3n) is 5.43. The predicted octanol–water partition coefficient (Wildman–Crippen LogP) is 5.97. The van der Waals surface area contributed by atoms with Crippen LogP contribution in [0.4, 0.5) is 30.7 Å². The number of nitrogens with one attached hydrogen (secondary N) is 2. The second-order valence-corrected chi connectivity index (χ2v) is 8.50. The molecule has 190 valence electrons. The summed E-state index contributed by atoms with van der Waals surface area (Å²) in [4.78, 5) is 28.9. The molecule has 1 aliphatic carbocycles. The molecule has 5 nitrogen and oxygen atoms in total. The molecular weight excluding hydrogens is 519 g/mol. The maximum Gasteiger partial charge on any atom is 0.419 e. The van der Waals surface area contributed by atoms with Gasteiger partial charge in [0, 0.05) is 11.4 Å². The number of rotatable bonds is 5. The second kappa shape index (κ2) is 9.23. The van der Waals surface area contributed by atoms with Crippen LogP contribution in [0.3, 0.4) is 0 Å². The van der Waals surface area contributed by atoms with Crippen LogP contribution in [-0.4, -0.2) is 29.0 Å². The van der Waals surface area contributed by atoms with Crippen molar-refractivity contribution in [2.75, 3.05) is 0 Å². The molecule has 1 aromatic heterocycles. The summed E-state index contributed by atoms with van der Waals surface area (Å²) in [5.41, 5.74) is -3.14. The highest BCUT2D eigenvalue weighted by molar-refractivity contribution is 6.38. The van der Waals surface area contributed by atoms with Crippen LogP contribution in [0.1, 0.15) is 50.9 Å². The molecule has 1 heterocycles. The van der Waals surface area contributed by atoms with Crippen LogP contribution in [0, 0.1) is 5.82 Å². The van der Waals surface area contributed by atoms with E-state index >= 15 is 0 Å². The lowest BCUT2D eigenvalue weighted by atomic mass is 10.0. The lowest BCUT2D eigenvalue weighted by Crippen LogP contribution is -2.38. The minimum Gasteiger partial charge on any atom is -0.349 e. The Bertz CT molecular complexity index is 1350. The monoisotopic (exact) mass is 533 g/mol. The van der Waals surface area contributed by atoms with Crippen molar-refractivity contribution in [1.29, 1.82) is 0 Å². The molecule has 0 spiro atoms. The second-order valence-electron chi connectivity index (χ2n) is 8.12. The molecule has 0 saturated heterocycles. The number of fused-ring (bicyclic) bond motifs is 1. The van der Waals surface area contributed by atoms with Gasteiger partial charge in [-0.1, -0.05) is 17.7 Å². The fourth-order valence-corrected chi connectivity index (χ4v) is 3.77. The van der Waals surface area contributed by atoms with Crippen LogP contribution < -0.4 is 10.6 Å². The largest absolute Gasteiger partial charge is 0.419 e. The Balaban J connectivity index is 1.63. The van der Waals surface area contributed by atoms with Crippen LogP contribution in [0.2, 0.25) is 5.02 Å². The zero-order chi connectivity index (χ0) is 26.4. The molecule has 36 heavy (non-hydrogen) atoms. The van der Waals surface area contributed by atoms with Gasteiger partial charge in [0.15, 0.2) is 6.04 Å². The van der Waals surface area contributed by atoms with Crippen molar-refractivity contribution in [3.63, 3.8) is 0 Å². The third-order valence-corrected chi connectivity index (χ3v) is 5.83. The number of nitrogens with zero attached hydrogens (tertiary/aromatic N) is 1.